The van der Waals surface area contributed by atoms with Crippen LogP contribution in [0.1, 0.15) is 0 Å². The third-order valence-corrected chi connectivity index (χ3v) is 0. The molecule has 0 saturated heterocycles. The first-order valence-electron chi connectivity index (χ1n) is 0. The largest absolute Gasteiger partial charge is 1.00 e. The summed E-state index contributed by atoms with van der Waals surface area (Å²) in [5.41, 5.74) is 0. The molecule has 5 nitrogen and oxygen atoms in total. The Hall–Kier alpha value is 65.3. The Labute approximate surface area is 1990 Å². The molecule has 0 aliphatic rings. The van der Waals surface area contributed by atoms with Gasteiger partial charge in [0.05, 0.1) is 0 Å². The minimum Gasteiger partial charge on any atom is -0.412 e. The van der Waals surface area contributed by atoms with Crippen LogP contribution < -0.4 is 2060 Å². The molecule has 0 rings (SSSR count). The van der Waals surface area contributed by atoms with Crippen molar-refractivity contribution in [3.05, 3.63) is 0 Å². The molecule has 40 valence electrons. The monoisotopic (exact) mass is 1650 g/mol. The van der Waals surface area contributed by atoms with E-state index in [4.69, 9.17) is 0 Å². The SMILES string of the molecule is O.O.O.O.O.[K+].[K+].[K+].[K+].[K+].[K+].[K+].[K+].[K+].[K+].[K+].[K+].[K+].[K+].[K+].[K+].[K+].[K+].[K+].[K+].[K+].[K+].[K+].[K+].[K+].[K+].[K+].[K+].[K+].[K+].[K+].[K+].[K+].[K+].[K+].[K+].[K+].[K+].[K+].[K+]. The predicted molar refractivity (Wildman–Crippen MR) is 18.1 cm³/mol. The Morgan fingerprint density at radius 3 is 0.0444 bits per heavy atom. The Morgan fingerprint density at radius 1 is 0.0444 bits per heavy atom. The second-order valence-electron chi connectivity index (χ2n) is 0. The van der Waals surface area contributed by atoms with E-state index in [1.54, 1.807) is 0 Å². The summed E-state index contributed by atoms with van der Waals surface area (Å²) in [6.07, 6.45) is 0. The van der Waals surface area contributed by atoms with E-state index < -0.39 is 0 Å². The molecule has 0 heterocycles. The van der Waals surface area contributed by atoms with E-state index in [1.807, 2.05) is 0 Å². The molecule has 0 atom stereocenters. The van der Waals surface area contributed by atoms with Gasteiger partial charge in [0.25, 0.3) is 0 Å². The van der Waals surface area contributed by atoms with Crippen LogP contribution in [0.25, 0.3) is 0 Å². The predicted octanol–water partition coefficient (Wildman–Crippen LogP) is -124. The molecule has 0 saturated carbocycles. The van der Waals surface area contributed by atoms with Crippen LogP contribution in [0.3, 0.4) is 0 Å². The number of hydrogen-bond acceptors (Lipinski definition) is 0. The zero-order valence-electron chi connectivity index (χ0n) is 42.5. The van der Waals surface area contributed by atoms with Crippen molar-refractivity contribution < 1.29 is 2080 Å². The normalized spacial score (nSPS) is 0. The Morgan fingerprint density at radius 2 is 0.0444 bits per heavy atom. The van der Waals surface area contributed by atoms with Crippen LogP contribution >= 0.6 is 0 Å². The van der Waals surface area contributed by atoms with Gasteiger partial charge in [-0.25, -0.2) is 0 Å². The van der Waals surface area contributed by atoms with Crippen molar-refractivity contribution in [1.29, 1.82) is 0 Å². The molecule has 0 unspecified atom stereocenters. The fourth-order valence-electron chi connectivity index (χ4n) is 0. The molecule has 0 fully saturated rings. The van der Waals surface area contributed by atoms with E-state index in [1.165, 1.54) is 0 Å². The fraction of sp³-hybridized carbons (Fsp3) is 0. The van der Waals surface area contributed by atoms with Crippen molar-refractivity contribution in [1.82, 2.24) is 0 Å². The molecule has 0 spiro atoms. The van der Waals surface area contributed by atoms with E-state index in [-0.39, 0.29) is 2080 Å². The van der Waals surface area contributed by atoms with Gasteiger partial charge in [-0.3, -0.25) is 0 Å². The third-order valence-electron chi connectivity index (χ3n) is 0. The van der Waals surface area contributed by atoms with Crippen molar-refractivity contribution in [2.75, 3.05) is 0 Å². The van der Waals surface area contributed by atoms with E-state index in [2.05, 4.69) is 0 Å². The van der Waals surface area contributed by atoms with Crippen molar-refractivity contribution in [3.8, 4) is 0 Å². The Kier molecular flexibility index (Phi) is 2070. The Balaban J connectivity index is 0. The molecular formula is H10K40O5+40. The van der Waals surface area contributed by atoms with Gasteiger partial charge in [-0.15, -0.1) is 0 Å². The zero-order chi connectivity index (χ0) is 0. The molecule has 0 aromatic heterocycles. The van der Waals surface area contributed by atoms with E-state index in [9.17, 15) is 0 Å². The molecule has 45 heavy (non-hydrogen) atoms. The number of hydrogen-bond donors (Lipinski definition) is 0. The van der Waals surface area contributed by atoms with Gasteiger partial charge in [0, 0.05) is 0 Å². The molecular weight excluding hydrogens is 1640 g/mol. The van der Waals surface area contributed by atoms with Gasteiger partial charge >= 0.3 is 2060 Å². The van der Waals surface area contributed by atoms with Crippen molar-refractivity contribution in [2.45, 2.75) is 0 Å². The number of rotatable bonds is 0. The maximum absolute atomic E-state index is 0. The molecule has 0 bridgehead atoms. The van der Waals surface area contributed by atoms with Crippen LogP contribution in [0.5, 0.6) is 0 Å². The molecule has 10 N–H and O–H groups in total. The maximum atomic E-state index is 0. The summed E-state index contributed by atoms with van der Waals surface area (Å²) in [6.45, 7) is 0. The molecule has 45 heteroatoms. The zero-order valence-corrected chi connectivity index (χ0v) is 167. The maximum Gasteiger partial charge on any atom is 1.00 e. The molecule has 0 aliphatic carbocycles. The van der Waals surface area contributed by atoms with E-state index in [0.29, 0.717) is 0 Å². The van der Waals surface area contributed by atoms with Gasteiger partial charge in [0.15, 0.2) is 0 Å². The molecule has 0 aromatic rings. The van der Waals surface area contributed by atoms with Crippen LogP contribution in [0.4, 0.5) is 0 Å². The molecule has 0 aliphatic heterocycles. The molecule has 0 aromatic carbocycles. The van der Waals surface area contributed by atoms with E-state index in [0.717, 1.165) is 0 Å². The van der Waals surface area contributed by atoms with E-state index >= 15 is 0 Å². The summed E-state index contributed by atoms with van der Waals surface area (Å²) < 4.78 is 0. The smallest absolute Gasteiger partial charge is 0.412 e. The van der Waals surface area contributed by atoms with Crippen molar-refractivity contribution in [3.63, 3.8) is 0 Å². The summed E-state index contributed by atoms with van der Waals surface area (Å²) in [6, 6.07) is 0. The fourth-order valence-corrected chi connectivity index (χ4v) is 0. The van der Waals surface area contributed by atoms with Crippen molar-refractivity contribution in [2.24, 2.45) is 0 Å². The minimum absolute atomic E-state index is 0. The second kappa shape index (κ2) is 301. The van der Waals surface area contributed by atoms with Crippen molar-refractivity contribution >= 4 is 0 Å². The van der Waals surface area contributed by atoms with Gasteiger partial charge in [-0.2, -0.15) is 0 Å². The third kappa shape index (κ3) is 295. The topological polar surface area (TPSA) is 158 Å². The van der Waals surface area contributed by atoms with Gasteiger partial charge in [-0.1, -0.05) is 0 Å². The van der Waals surface area contributed by atoms with Gasteiger partial charge < -0.3 is 27.4 Å². The average molecular weight is 1650 g/mol. The second-order valence-corrected chi connectivity index (χ2v) is 0. The summed E-state index contributed by atoms with van der Waals surface area (Å²) in [5, 5.41) is 0. The quantitative estimate of drug-likeness (QED) is 0.212. The minimum atomic E-state index is 0. The van der Waals surface area contributed by atoms with Crippen LogP contribution in [0, 0.1) is 0 Å². The first-order chi connectivity index (χ1) is 0. The van der Waals surface area contributed by atoms with Gasteiger partial charge in [0.2, 0.25) is 0 Å². The summed E-state index contributed by atoms with van der Waals surface area (Å²) in [4.78, 5) is 0. The van der Waals surface area contributed by atoms with Crippen LogP contribution in [0.15, 0.2) is 0 Å². The molecule has 0 radical (unpaired) electrons. The Bertz CT molecular complexity index is 22.6. The van der Waals surface area contributed by atoms with Crippen LogP contribution in [-0.4, -0.2) is 27.4 Å². The van der Waals surface area contributed by atoms with Crippen LogP contribution in [0.2, 0.25) is 0 Å². The average Bonchev–Trinajstić information content (AvgIpc) is 0. The van der Waals surface area contributed by atoms with Crippen LogP contribution in [-0.2, 0) is 0 Å². The summed E-state index contributed by atoms with van der Waals surface area (Å²) in [7, 11) is 0. The summed E-state index contributed by atoms with van der Waals surface area (Å²) in [5.74, 6) is 0. The first-order valence-corrected chi connectivity index (χ1v) is 0. The first kappa shape index (κ1) is 309. The summed E-state index contributed by atoms with van der Waals surface area (Å²) >= 11 is 0. The molecule has 0 amide bonds. The van der Waals surface area contributed by atoms with Gasteiger partial charge in [-0.05, 0) is 0 Å². The van der Waals surface area contributed by atoms with Gasteiger partial charge in [0.1, 0.15) is 0 Å². The standard InChI is InChI=1S/40K.5H2O/h;;;;;;;;;;;;;;;;;;;;;;;;;;;;;;;;;;;;;;;;5*1H2/q40*+1;;;;;.